The van der Waals surface area contributed by atoms with Crippen LogP contribution in [-0.2, 0) is 11.0 Å². The minimum absolute atomic E-state index is 0.178. The fourth-order valence-electron chi connectivity index (χ4n) is 5.09. The van der Waals surface area contributed by atoms with E-state index in [1.807, 2.05) is 0 Å². The monoisotopic (exact) mass is 562 g/mol. The van der Waals surface area contributed by atoms with Crippen LogP contribution in [0.1, 0.15) is 52.3 Å². The number of aliphatic carboxylic acids is 1. The van der Waals surface area contributed by atoms with Crippen LogP contribution < -0.4 is 5.32 Å². The van der Waals surface area contributed by atoms with Crippen molar-refractivity contribution in [3.63, 3.8) is 0 Å². The van der Waals surface area contributed by atoms with Crippen molar-refractivity contribution in [1.82, 2.24) is 4.98 Å². The van der Waals surface area contributed by atoms with Gasteiger partial charge in [-0.3, -0.25) is 14.4 Å². The number of nitrogens with zero attached hydrogens (tertiary/aromatic N) is 1. The third-order valence-corrected chi connectivity index (χ3v) is 7.19. The second-order valence-electron chi connectivity index (χ2n) is 9.87. The van der Waals surface area contributed by atoms with Crippen LogP contribution in [0.15, 0.2) is 83.3 Å². The maximum absolute atomic E-state index is 13.6. The van der Waals surface area contributed by atoms with Crippen LogP contribution in [-0.4, -0.2) is 27.8 Å². The molecule has 4 aromatic rings. The van der Waals surface area contributed by atoms with E-state index in [1.54, 1.807) is 54.6 Å². The molecule has 41 heavy (non-hydrogen) atoms. The molecule has 1 amide bonds. The molecule has 1 heterocycles. The fraction of sp³-hybridized carbons (Fsp3) is 0.226. The normalized spacial score (nSPS) is 17.1. The van der Waals surface area contributed by atoms with Crippen molar-refractivity contribution in [1.29, 1.82) is 0 Å². The first-order valence-corrected chi connectivity index (χ1v) is 13.0. The van der Waals surface area contributed by atoms with Gasteiger partial charge in [-0.1, -0.05) is 67.4 Å². The second kappa shape index (κ2) is 11.4. The smallest absolute Gasteiger partial charge is 0.452 e. The summed E-state index contributed by atoms with van der Waals surface area (Å²) >= 11 is 0. The molecule has 5 rings (SSSR count). The van der Waals surface area contributed by atoms with Crippen LogP contribution in [0.4, 0.5) is 18.9 Å². The highest BCUT2D eigenvalue weighted by atomic mass is 19.4. The summed E-state index contributed by atoms with van der Waals surface area (Å²) in [6.07, 6.45) is -2.25. The molecule has 2 N–H and O–H groups in total. The Hall–Kier alpha value is -4.73. The molecule has 1 aliphatic rings. The Kier molecular flexibility index (Phi) is 7.74. The number of oxazole rings is 1. The van der Waals surface area contributed by atoms with Crippen molar-refractivity contribution < 1.29 is 37.1 Å². The summed E-state index contributed by atoms with van der Waals surface area (Å²) in [6.45, 7) is 0. The topological polar surface area (TPSA) is 110 Å². The van der Waals surface area contributed by atoms with Crippen LogP contribution in [0.25, 0.3) is 22.6 Å². The van der Waals surface area contributed by atoms with Crippen molar-refractivity contribution in [3.8, 4) is 22.6 Å². The van der Waals surface area contributed by atoms with Gasteiger partial charge >= 0.3 is 12.1 Å². The summed E-state index contributed by atoms with van der Waals surface area (Å²) < 4.78 is 45.7. The van der Waals surface area contributed by atoms with Crippen molar-refractivity contribution in [2.75, 3.05) is 5.32 Å². The maximum Gasteiger partial charge on any atom is 0.452 e. The van der Waals surface area contributed by atoms with Gasteiger partial charge in [-0.15, -0.1) is 0 Å². The number of carbonyl (C=O) groups excluding carboxylic acids is 2. The zero-order valence-corrected chi connectivity index (χ0v) is 21.6. The molecule has 2 atom stereocenters. The van der Waals surface area contributed by atoms with Gasteiger partial charge in [0.15, 0.2) is 11.5 Å². The number of carboxylic acids is 1. The van der Waals surface area contributed by atoms with E-state index in [4.69, 9.17) is 4.42 Å². The predicted molar refractivity (Wildman–Crippen MR) is 144 cm³/mol. The molecule has 1 aromatic heterocycles. The van der Waals surface area contributed by atoms with Crippen molar-refractivity contribution in [3.05, 3.63) is 95.9 Å². The quantitative estimate of drug-likeness (QED) is 0.228. The Bertz CT molecular complexity index is 1560. The molecule has 1 aliphatic carbocycles. The number of hydrogen-bond acceptors (Lipinski definition) is 5. The molecule has 10 heteroatoms. The fourth-order valence-corrected chi connectivity index (χ4v) is 5.09. The number of carbonyl (C=O) groups is 3. The van der Waals surface area contributed by atoms with Gasteiger partial charge in [0.25, 0.3) is 5.91 Å². The Morgan fingerprint density at radius 2 is 1.39 bits per heavy atom. The Morgan fingerprint density at radius 3 is 1.98 bits per heavy atom. The molecule has 3 aromatic carbocycles. The zero-order chi connectivity index (χ0) is 29.1. The molecule has 7 nitrogen and oxygen atoms in total. The molecule has 0 radical (unpaired) electrons. The minimum atomic E-state index is -4.92. The number of benzene rings is 3. The standard InChI is InChI=1S/C31H25F3N2O5/c32-31(33,34)27-25(36-29(41-27)21-6-2-1-3-7-21)28(38)35-22-16-14-19(15-17-22)18-10-12-20(13-11-18)26(37)23-8-4-5-9-24(23)30(39)40/h1-3,6-7,10-17,23-24H,4-5,8-9H2,(H,35,38)(H,39,40)/t23-,24-/m0/s1. The van der Waals surface area contributed by atoms with Crippen molar-refractivity contribution in [2.45, 2.75) is 31.9 Å². The van der Waals surface area contributed by atoms with E-state index in [0.29, 0.717) is 24.0 Å². The average Bonchev–Trinajstić information content (AvgIpc) is 3.45. The summed E-state index contributed by atoms with van der Waals surface area (Å²) in [5.74, 6) is -5.20. The van der Waals surface area contributed by atoms with E-state index in [9.17, 15) is 32.7 Å². The largest absolute Gasteiger partial charge is 0.481 e. The van der Waals surface area contributed by atoms with E-state index in [2.05, 4.69) is 10.3 Å². The number of anilines is 1. The highest BCUT2D eigenvalue weighted by Gasteiger charge is 2.42. The number of carboxylic acid groups (broad SMARTS) is 1. The number of amides is 1. The SMILES string of the molecule is O=C(Nc1ccc(-c2ccc(C(=O)[C@H]3CCCC[C@@H]3C(=O)O)cc2)cc1)c1nc(-c2ccccc2)oc1C(F)(F)F. The third kappa shape index (κ3) is 6.06. The van der Waals surface area contributed by atoms with Gasteiger partial charge in [0.1, 0.15) is 0 Å². The second-order valence-corrected chi connectivity index (χ2v) is 9.87. The van der Waals surface area contributed by atoms with Crippen LogP contribution in [0.2, 0.25) is 0 Å². The number of Topliss-reactive ketones (excluding diaryl/α,β-unsaturated/α-hetero) is 1. The van der Waals surface area contributed by atoms with E-state index in [1.165, 1.54) is 24.3 Å². The molecule has 0 unspecified atom stereocenters. The number of alkyl halides is 3. The highest BCUT2D eigenvalue weighted by molar-refractivity contribution is 6.04. The van der Waals surface area contributed by atoms with E-state index in [0.717, 1.165) is 24.0 Å². The van der Waals surface area contributed by atoms with E-state index in [-0.39, 0.29) is 17.4 Å². The molecule has 1 fully saturated rings. The number of ketones is 1. The van der Waals surface area contributed by atoms with Gasteiger partial charge < -0.3 is 14.8 Å². The van der Waals surface area contributed by atoms with Gasteiger partial charge in [-0.05, 0) is 48.2 Å². The number of hydrogen-bond donors (Lipinski definition) is 2. The summed E-state index contributed by atoms with van der Waals surface area (Å²) in [5, 5.41) is 11.9. The first-order valence-electron chi connectivity index (χ1n) is 13.0. The van der Waals surface area contributed by atoms with Crippen LogP contribution in [0, 0.1) is 11.8 Å². The molecular weight excluding hydrogens is 537 g/mol. The van der Waals surface area contributed by atoms with Gasteiger partial charge in [0.2, 0.25) is 11.7 Å². The molecule has 0 spiro atoms. The molecule has 0 bridgehead atoms. The number of rotatable bonds is 7. The number of nitrogens with one attached hydrogen (secondary N) is 1. The Balaban J connectivity index is 1.30. The van der Waals surface area contributed by atoms with Crippen molar-refractivity contribution in [2.24, 2.45) is 11.8 Å². The highest BCUT2D eigenvalue weighted by Crippen LogP contribution is 2.36. The number of halogens is 3. The first-order chi connectivity index (χ1) is 19.6. The van der Waals surface area contributed by atoms with Gasteiger partial charge in [-0.2, -0.15) is 13.2 Å². The van der Waals surface area contributed by atoms with Crippen LogP contribution in [0.3, 0.4) is 0 Å². The van der Waals surface area contributed by atoms with Gasteiger partial charge in [0, 0.05) is 22.7 Å². The summed E-state index contributed by atoms with van der Waals surface area (Å²) in [4.78, 5) is 41.2. The lowest BCUT2D eigenvalue weighted by Gasteiger charge is -2.27. The lowest BCUT2D eigenvalue weighted by Crippen LogP contribution is -2.32. The maximum atomic E-state index is 13.6. The van der Waals surface area contributed by atoms with Gasteiger partial charge in [-0.25, -0.2) is 4.98 Å². The molecule has 210 valence electrons. The van der Waals surface area contributed by atoms with E-state index < -0.39 is 41.3 Å². The lowest BCUT2D eigenvalue weighted by atomic mass is 9.75. The van der Waals surface area contributed by atoms with Gasteiger partial charge in [0.05, 0.1) is 5.92 Å². The zero-order valence-electron chi connectivity index (χ0n) is 21.6. The molecule has 0 aliphatic heterocycles. The van der Waals surface area contributed by atoms with E-state index >= 15 is 0 Å². The van der Waals surface area contributed by atoms with Crippen LogP contribution in [0.5, 0.6) is 0 Å². The minimum Gasteiger partial charge on any atom is -0.481 e. The molecular formula is C31H25F3N2O5. The third-order valence-electron chi connectivity index (χ3n) is 7.19. The van der Waals surface area contributed by atoms with Crippen molar-refractivity contribution >= 4 is 23.3 Å². The lowest BCUT2D eigenvalue weighted by molar-refractivity contribution is -0.153. The summed E-state index contributed by atoms with van der Waals surface area (Å²) in [7, 11) is 0. The summed E-state index contributed by atoms with van der Waals surface area (Å²) in [5.41, 5.74) is 1.63. The predicted octanol–water partition coefficient (Wildman–Crippen LogP) is 7.35. The molecule has 0 saturated heterocycles. The number of aromatic nitrogens is 1. The molecule has 1 saturated carbocycles. The average molecular weight is 563 g/mol. The summed E-state index contributed by atoms with van der Waals surface area (Å²) in [6, 6.07) is 21.2. The Morgan fingerprint density at radius 1 is 0.805 bits per heavy atom. The first kappa shape index (κ1) is 27.8. The van der Waals surface area contributed by atoms with Crippen LogP contribution >= 0.6 is 0 Å². The Labute approximate surface area is 233 Å².